The number of hydrogen-bond donors (Lipinski definition) is 2. The van der Waals surface area contributed by atoms with Crippen LogP contribution in [-0.2, 0) is 11.2 Å². The highest BCUT2D eigenvalue weighted by Crippen LogP contribution is 2.32. The molecular weight excluding hydrogens is 333 g/mol. The fourth-order valence-electron chi connectivity index (χ4n) is 3.59. The number of imidazole rings is 1. The molecule has 0 bridgehead atoms. The molecule has 6 heteroatoms. The van der Waals surface area contributed by atoms with Crippen molar-refractivity contribution in [1.29, 1.82) is 0 Å². The molecule has 0 spiro atoms. The van der Waals surface area contributed by atoms with Crippen LogP contribution in [0.1, 0.15) is 35.8 Å². The first-order chi connectivity index (χ1) is 12.5. The van der Waals surface area contributed by atoms with Gasteiger partial charge in [0, 0.05) is 6.54 Å². The van der Waals surface area contributed by atoms with Crippen LogP contribution in [0, 0.1) is 12.7 Å². The number of H-pyrrole nitrogens is 1. The summed E-state index contributed by atoms with van der Waals surface area (Å²) >= 11 is 0. The van der Waals surface area contributed by atoms with Gasteiger partial charge in [-0.05, 0) is 55.2 Å². The maximum atomic E-state index is 13.5. The second-order valence-corrected chi connectivity index (χ2v) is 6.85. The van der Waals surface area contributed by atoms with Gasteiger partial charge in [0.15, 0.2) is 11.6 Å². The molecule has 1 aliphatic heterocycles. The molecule has 1 fully saturated rings. The van der Waals surface area contributed by atoms with E-state index in [4.69, 9.17) is 0 Å². The minimum absolute atomic E-state index is 0.0609. The Morgan fingerprint density at radius 2 is 2.19 bits per heavy atom. The molecule has 3 aromatic rings. The third kappa shape index (κ3) is 3.03. The zero-order valence-corrected chi connectivity index (χ0v) is 14.5. The number of halogens is 1. The van der Waals surface area contributed by atoms with Gasteiger partial charge in [-0.1, -0.05) is 12.1 Å². The average Bonchev–Trinajstić information content (AvgIpc) is 3.24. The van der Waals surface area contributed by atoms with E-state index < -0.39 is 11.6 Å². The first-order valence-corrected chi connectivity index (χ1v) is 8.74. The predicted molar refractivity (Wildman–Crippen MR) is 96.3 cm³/mol. The van der Waals surface area contributed by atoms with Crippen LogP contribution in [0.15, 0.2) is 36.4 Å². The Kier molecular flexibility index (Phi) is 4.11. The molecule has 1 aliphatic rings. The minimum Gasteiger partial charge on any atom is -0.505 e. The van der Waals surface area contributed by atoms with E-state index in [1.165, 1.54) is 12.1 Å². The number of hydrogen-bond acceptors (Lipinski definition) is 3. The first-order valence-electron chi connectivity index (χ1n) is 8.74. The maximum Gasteiger partial charge on any atom is 0.227 e. The summed E-state index contributed by atoms with van der Waals surface area (Å²) in [7, 11) is 0. The Morgan fingerprint density at radius 3 is 3.00 bits per heavy atom. The highest BCUT2D eigenvalue weighted by Gasteiger charge is 2.32. The van der Waals surface area contributed by atoms with Gasteiger partial charge in [-0.25, -0.2) is 9.37 Å². The number of fused-ring (bicyclic) bond motifs is 1. The smallest absolute Gasteiger partial charge is 0.227 e. The van der Waals surface area contributed by atoms with E-state index in [-0.39, 0.29) is 18.4 Å². The molecule has 1 amide bonds. The third-order valence-electron chi connectivity index (χ3n) is 4.91. The van der Waals surface area contributed by atoms with Crippen LogP contribution in [0.5, 0.6) is 5.75 Å². The van der Waals surface area contributed by atoms with Crippen LogP contribution >= 0.6 is 0 Å². The summed E-state index contributed by atoms with van der Waals surface area (Å²) in [6.07, 6.45) is 1.87. The van der Waals surface area contributed by atoms with Crippen molar-refractivity contribution in [3.8, 4) is 5.75 Å². The minimum atomic E-state index is -0.707. The zero-order chi connectivity index (χ0) is 18.3. The second-order valence-electron chi connectivity index (χ2n) is 6.85. The van der Waals surface area contributed by atoms with Crippen LogP contribution < -0.4 is 0 Å². The molecule has 26 heavy (non-hydrogen) atoms. The molecule has 1 unspecified atom stereocenters. The van der Waals surface area contributed by atoms with Gasteiger partial charge in [-0.2, -0.15) is 0 Å². The van der Waals surface area contributed by atoms with Gasteiger partial charge in [-0.3, -0.25) is 4.79 Å². The first kappa shape index (κ1) is 16.6. The lowest BCUT2D eigenvalue weighted by Gasteiger charge is -2.23. The normalized spacial score (nSPS) is 17.2. The summed E-state index contributed by atoms with van der Waals surface area (Å²) in [4.78, 5) is 22.6. The molecule has 134 valence electrons. The van der Waals surface area contributed by atoms with Crippen molar-refractivity contribution < 1.29 is 14.3 Å². The van der Waals surface area contributed by atoms with Gasteiger partial charge >= 0.3 is 0 Å². The lowest BCUT2D eigenvalue weighted by Crippen LogP contribution is -2.32. The van der Waals surface area contributed by atoms with Crippen LogP contribution in [0.3, 0.4) is 0 Å². The van der Waals surface area contributed by atoms with Crippen molar-refractivity contribution in [2.24, 2.45) is 0 Å². The number of carbonyl (C=O) groups is 1. The predicted octanol–water partition coefficient (Wildman–Crippen LogP) is 3.62. The van der Waals surface area contributed by atoms with E-state index in [0.29, 0.717) is 12.1 Å². The van der Waals surface area contributed by atoms with Crippen LogP contribution in [0.25, 0.3) is 11.0 Å². The second kappa shape index (κ2) is 6.44. The third-order valence-corrected chi connectivity index (χ3v) is 4.91. The van der Waals surface area contributed by atoms with Gasteiger partial charge in [0.2, 0.25) is 5.91 Å². The van der Waals surface area contributed by atoms with Crippen molar-refractivity contribution >= 4 is 16.9 Å². The monoisotopic (exact) mass is 353 g/mol. The molecule has 2 heterocycles. The van der Waals surface area contributed by atoms with E-state index in [9.17, 15) is 14.3 Å². The Morgan fingerprint density at radius 1 is 1.35 bits per heavy atom. The summed E-state index contributed by atoms with van der Waals surface area (Å²) in [5, 5.41) is 9.29. The fourth-order valence-corrected chi connectivity index (χ4v) is 3.59. The van der Waals surface area contributed by atoms with Crippen molar-refractivity contribution in [3.63, 3.8) is 0 Å². The van der Waals surface area contributed by atoms with Crippen molar-refractivity contribution in [3.05, 3.63) is 59.2 Å². The number of rotatable bonds is 3. The molecule has 1 saturated heterocycles. The molecule has 2 aromatic carbocycles. The molecule has 0 aliphatic carbocycles. The number of aryl methyl sites for hydroxylation is 1. The van der Waals surface area contributed by atoms with E-state index in [0.717, 1.165) is 35.3 Å². The van der Waals surface area contributed by atoms with Gasteiger partial charge < -0.3 is 15.0 Å². The van der Waals surface area contributed by atoms with Gasteiger partial charge in [0.1, 0.15) is 5.82 Å². The summed E-state index contributed by atoms with van der Waals surface area (Å²) < 4.78 is 13.5. The zero-order valence-electron chi connectivity index (χ0n) is 14.5. The highest BCUT2D eigenvalue weighted by molar-refractivity contribution is 5.80. The lowest BCUT2D eigenvalue weighted by atomic mass is 10.1. The van der Waals surface area contributed by atoms with E-state index in [1.807, 2.05) is 30.0 Å². The highest BCUT2D eigenvalue weighted by atomic mass is 19.1. The number of carbonyl (C=O) groups excluding carboxylic acids is 1. The lowest BCUT2D eigenvalue weighted by molar-refractivity contribution is -0.131. The number of nitrogens with one attached hydrogen (secondary N) is 1. The molecule has 2 N–H and O–H groups in total. The number of benzene rings is 2. The SMILES string of the molecule is Cc1ccc2nc(C3CCCN3C(=O)Cc3ccc(O)c(F)c3)[nH]c2c1. The molecule has 1 atom stereocenters. The van der Waals surface area contributed by atoms with Crippen molar-refractivity contribution in [1.82, 2.24) is 14.9 Å². The van der Waals surface area contributed by atoms with E-state index in [1.54, 1.807) is 6.07 Å². The number of amides is 1. The number of phenols is 1. The Labute approximate surface area is 150 Å². The molecule has 5 nitrogen and oxygen atoms in total. The summed E-state index contributed by atoms with van der Waals surface area (Å²) in [6, 6.07) is 10.0. The number of aromatic amines is 1. The molecule has 1 aromatic heterocycles. The quantitative estimate of drug-likeness (QED) is 0.756. The largest absolute Gasteiger partial charge is 0.505 e. The maximum absolute atomic E-state index is 13.5. The fraction of sp³-hybridized carbons (Fsp3) is 0.300. The van der Waals surface area contributed by atoms with Gasteiger partial charge in [0.25, 0.3) is 0 Å². The van der Waals surface area contributed by atoms with Gasteiger partial charge in [0.05, 0.1) is 23.5 Å². The number of nitrogens with zero attached hydrogens (tertiary/aromatic N) is 2. The number of aromatic hydroxyl groups is 1. The Hall–Kier alpha value is -2.89. The number of aromatic nitrogens is 2. The topological polar surface area (TPSA) is 69.2 Å². The molecule has 4 rings (SSSR count). The molecular formula is C20H20FN3O2. The van der Waals surface area contributed by atoms with Crippen LogP contribution in [0.2, 0.25) is 0 Å². The Balaban J connectivity index is 1.56. The van der Waals surface area contributed by atoms with E-state index >= 15 is 0 Å². The Bertz CT molecular complexity index is 982. The van der Waals surface area contributed by atoms with Crippen LogP contribution in [-0.4, -0.2) is 32.4 Å². The average molecular weight is 353 g/mol. The summed E-state index contributed by atoms with van der Waals surface area (Å²) in [6.45, 7) is 2.70. The van der Waals surface area contributed by atoms with Crippen LogP contribution in [0.4, 0.5) is 4.39 Å². The van der Waals surface area contributed by atoms with E-state index in [2.05, 4.69) is 9.97 Å². The molecule has 0 saturated carbocycles. The summed E-state index contributed by atoms with van der Waals surface area (Å²) in [5.41, 5.74) is 3.57. The van der Waals surface area contributed by atoms with Crippen molar-refractivity contribution in [2.75, 3.05) is 6.54 Å². The molecule has 0 radical (unpaired) electrons. The van der Waals surface area contributed by atoms with Crippen molar-refractivity contribution in [2.45, 2.75) is 32.2 Å². The number of likely N-dealkylation sites (tertiary alicyclic amines) is 1. The standard InChI is InChI=1S/C20H20FN3O2/c1-12-4-6-15-16(9-12)23-20(22-15)17-3-2-8-24(17)19(26)11-13-5-7-18(25)14(21)10-13/h4-7,9-10,17,25H,2-3,8,11H2,1H3,(H,22,23). The summed E-state index contributed by atoms with van der Waals surface area (Å²) in [5.74, 6) is -0.374. The number of phenolic OH excluding ortho intramolecular Hbond substituents is 1. The van der Waals surface area contributed by atoms with Gasteiger partial charge in [-0.15, -0.1) is 0 Å².